The number of carbonyl (C=O) groups excluding carboxylic acids is 2. The number of nitrogens with two attached hydrogens (primary N) is 1. The molecule has 1 amide bonds. The minimum absolute atomic E-state index is 0.0216. The maximum Gasteiger partial charge on any atom is 0.323 e. The topological polar surface area (TPSA) is 72.6 Å². The number of nitrogens with zero attached hydrogens (tertiary/aromatic N) is 1. The van der Waals surface area contributed by atoms with Crippen molar-refractivity contribution >= 4 is 11.9 Å². The zero-order valence-electron chi connectivity index (χ0n) is 7.82. The molecular weight excluding hydrogens is 172 g/mol. The summed E-state index contributed by atoms with van der Waals surface area (Å²) in [5, 5.41) is 0. The van der Waals surface area contributed by atoms with Crippen molar-refractivity contribution in [1.29, 1.82) is 0 Å². The molecule has 5 heteroatoms. The van der Waals surface area contributed by atoms with Gasteiger partial charge in [0.15, 0.2) is 0 Å². The Morgan fingerprint density at radius 1 is 1.54 bits per heavy atom. The van der Waals surface area contributed by atoms with Crippen molar-refractivity contribution in [1.82, 2.24) is 4.90 Å². The van der Waals surface area contributed by atoms with E-state index in [4.69, 9.17) is 5.73 Å². The van der Waals surface area contributed by atoms with Gasteiger partial charge >= 0.3 is 5.97 Å². The molecule has 0 aliphatic carbocycles. The molecule has 13 heavy (non-hydrogen) atoms. The van der Waals surface area contributed by atoms with Gasteiger partial charge in [-0.2, -0.15) is 0 Å². The van der Waals surface area contributed by atoms with Gasteiger partial charge in [-0.05, 0) is 0 Å². The normalized spacial score (nSPS) is 19.2. The minimum Gasteiger partial charge on any atom is -0.468 e. The van der Waals surface area contributed by atoms with Crippen LogP contribution >= 0.6 is 0 Å². The molecule has 2 N–H and O–H groups in total. The van der Waals surface area contributed by atoms with Crippen molar-refractivity contribution in [2.24, 2.45) is 11.7 Å². The first-order valence-corrected chi connectivity index (χ1v) is 4.15. The van der Waals surface area contributed by atoms with E-state index < -0.39 is 12.0 Å². The van der Waals surface area contributed by atoms with Gasteiger partial charge < -0.3 is 15.4 Å². The summed E-state index contributed by atoms with van der Waals surface area (Å²) in [6.07, 6.45) is 0. The summed E-state index contributed by atoms with van der Waals surface area (Å²) in [4.78, 5) is 23.4. The van der Waals surface area contributed by atoms with Crippen LogP contribution in [0.3, 0.4) is 0 Å². The molecule has 5 nitrogen and oxygen atoms in total. The largest absolute Gasteiger partial charge is 0.468 e. The van der Waals surface area contributed by atoms with Gasteiger partial charge in [0.2, 0.25) is 5.91 Å². The highest BCUT2D eigenvalue weighted by Gasteiger charge is 2.36. The predicted octanol–water partition coefficient (Wildman–Crippen LogP) is -1.03. The number of hydrogen-bond donors (Lipinski definition) is 1. The van der Waals surface area contributed by atoms with Crippen LogP contribution in [0.2, 0.25) is 0 Å². The molecule has 0 unspecified atom stereocenters. The van der Waals surface area contributed by atoms with Gasteiger partial charge in [0.1, 0.15) is 6.04 Å². The van der Waals surface area contributed by atoms with E-state index in [-0.39, 0.29) is 11.8 Å². The van der Waals surface area contributed by atoms with Crippen molar-refractivity contribution < 1.29 is 14.3 Å². The molecule has 0 spiro atoms. The van der Waals surface area contributed by atoms with Gasteiger partial charge in [0.25, 0.3) is 0 Å². The Morgan fingerprint density at radius 3 is 2.46 bits per heavy atom. The van der Waals surface area contributed by atoms with E-state index in [0.29, 0.717) is 13.1 Å². The second kappa shape index (κ2) is 3.74. The van der Waals surface area contributed by atoms with Crippen LogP contribution in [0, 0.1) is 5.92 Å². The number of esters is 1. The SMILES string of the molecule is COC(=O)[C@@H](N)C1CN(C(C)=O)C1. The summed E-state index contributed by atoms with van der Waals surface area (Å²) >= 11 is 0. The van der Waals surface area contributed by atoms with Gasteiger partial charge in [-0.15, -0.1) is 0 Å². The standard InChI is InChI=1S/C8H14N2O3/c1-5(11)10-3-6(4-10)7(9)8(12)13-2/h6-7H,3-4,9H2,1-2H3/t7-/m0/s1. The Balaban J connectivity index is 2.34. The first kappa shape index (κ1) is 9.98. The van der Waals surface area contributed by atoms with E-state index in [9.17, 15) is 9.59 Å². The van der Waals surface area contributed by atoms with E-state index in [2.05, 4.69) is 4.74 Å². The minimum atomic E-state index is -0.597. The van der Waals surface area contributed by atoms with E-state index in [0.717, 1.165) is 0 Å². The van der Waals surface area contributed by atoms with Crippen LogP contribution in [-0.4, -0.2) is 43.0 Å². The Morgan fingerprint density at radius 2 is 2.08 bits per heavy atom. The highest BCUT2D eigenvalue weighted by Crippen LogP contribution is 2.18. The smallest absolute Gasteiger partial charge is 0.323 e. The highest BCUT2D eigenvalue weighted by molar-refractivity contribution is 5.78. The molecule has 1 heterocycles. The average Bonchev–Trinajstić information content (AvgIpc) is 1.99. The molecule has 0 saturated carbocycles. The molecule has 0 aromatic rings. The van der Waals surface area contributed by atoms with Crippen molar-refractivity contribution in [3.05, 3.63) is 0 Å². The third kappa shape index (κ3) is 1.98. The van der Waals surface area contributed by atoms with E-state index >= 15 is 0 Å². The fourth-order valence-corrected chi connectivity index (χ4v) is 1.33. The fourth-order valence-electron chi connectivity index (χ4n) is 1.33. The molecule has 74 valence electrons. The third-order valence-corrected chi connectivity index (χ3v) is 2.34. The summed E-state index contributed by atoms with van der Waals surface area (Å²) in [5.74, 6) is -0.335. The first-order valence-electron chi connectivity index (χ1n) is 4.15. The number of rotatable bonds is 2. The van der Waals surface area contributed by atoms with Crippen LogP contribution in [0.4, 0.5) is 0 Å². The summed E-state index contributed by atoms with van der Waals surface area (Å²) in [6, 6.07) is -0.597. The predicted molar refractivity (Wildman–Crippen MR) is 45.7 cm³/mol. The molecule has 1 aliphatic heterocycles. The van der Waals surface area contributed by atoms with Crippen LogP contribution < -0.4 is 5.73 Å². The molecule has 1 fully saturated rings. The second-order valence-corrected chi connectivity index (χ2v) is 3.23. The van der Waals surface area contributed by atoms with Crippen LogP contribution in [0.5, 0.6) is 0 Å². The van der Waals surface area contributed by atoms with Gasteiger partial charge in [-0.1, -0.05) is 0 Å². The molecule has 1 saturated heterocycles. The Labute approximate surface area is 76.8 Å². The maximum absolute atomic E-state index is 11.0. The Kier molecular flexibility index (Phi) is 2.87. The molecular formula is C8H14N2O3. The summed E-state index contributed by atoms with van der Waals surface area (Å²) in [6.45, 7) is 2.62. The molecule has 0 aromatic heterocycles. The number of ether oxygens (including phenoxy) is 1. The zero-order chi connectivity index (χ0) is 10.0. The van der Waals surface area contributed by atoms with Crippen molar-refractivity contribution in [2.75, 3.05) is 20.2 Å². The number of hydrogen-bond acceptors (Lipinski definition) is 4. The third-order valence-electron chi connectivity index (χ3n) is 2.34. The summed E-state index contributed by atoms with van der Waals surface area (Å²) in [5.41, 5.74) is 5.58. The lowest BCUT2D eigenvalue weighted by Crippen LogP contribution is -2.58. The van der Waals surface area contributed by atoms with Crippen molar-refractivity contribution in [3.63, 3.8) is 0 Å². The highest BCUT2D eigenvalue weighted by atomic mass is 16.5. The fraction of sp³-hybridized carbons (Fsp3) is 0.750. The summed E-state index contributed by atoms with van der Waals surface area (Å²) in [7, 11) is 1.31. The molecule has 1 aliphatic rings. The quantitative estimate of drug-likeness (QED) is 0.559. The van der Waals surface area contributed by atoms with Gasteiger partial charge in [0, 0.05) is 25.9 Å². The molecule has 0 aromatic carbocycles. The average molecular weight is 186 g/mol. The zero-order valence-corrected chi connectivity index (χ0v) is 7.82. The van der Waals surface area contributed by atoms with Crippen LogP contribution in [0.1, 0.15) is 6.92 Å². The van der Waals surface area contributed by atoms with E-state index in [1.54, 1.807) is 4.90 Å². The van der Waals surface area contributed by atoms with Crippen LogP contribution in [0.25, 0.3) is 0 Å². The van der Waals surface area contributed by atoms with Crippen LogP contribution in [-0.2, 0) is 14.3 Å². The van der Waals surface area contributed by atoms with Gasteiger partial charge in [-0.3, -0.25) is 9.59 Å². The lowest BCUT2D eigenvalue weighted by Gasteiger charge is -2.40. The molecule has 1 atom stereocenters. The van der Waals surface area contributed by atoms with Crippen LogP contribution in [0.15, 0.2) is 0 Å². The number of methoxy groups -OCH3 is 1. The lowest BCUT2D eigenvalue weighted by molar-refractivity contribution is -0.148. The maximum atomic E-state index is 11.0. The monoisotopic (exact) mass is 186 g/mol. The molecule has 0 radical (unpaired) electrons. The van der Waals surface area contributed by atoms with Gasteiger partial charge in [-0.25, -0.2) is 0 Å². The first-order chi connectivity index (χ1) is 6.06. The van der Waals surface area contributed by atoms with Crippen molar-refractivity contribution in [2.45, 2.75) is 13.0 Å². The molecule has 0 bridgehead atoms. The molecule has 1 rings (SSSR count). The Hall–Kier alpha value is -1.10. The lowest BCUT2D eigenvalue weighted by atomic mass is 9.92. The van der Waals surface area contributed by atoms with E-state index in [1.807, 2.05) is 0 Å². The second-order valence-electron chi connectivity index (χ2n) is 3.23. The van der Waals surface area contributed by atoms with Gasteiger partial charge in [0.05, 0.1) is 7.11 Å². The van der Waals surface area contributed by atoms with Crippen molar-refractivity contribution in [3.8, 4) is 0 Å². The Bertz CT molecular complexity index is 223. The van der Waals surface area contributed by atoms with E-state index in [1.165, 1.54) is 14.0 Å². The number of carbonyl (C=O) groups is 2. The summed E-state index contributed by atoms with van der Waals surface area (Å²) < 4.78 is 4.50. The number of likely N-dealkylation sites (tertiary alicyclic amines) is 1. The number of amides is 1.